The number of phenols is 1. The van der Waals surface area contributed by atoms with Gasteiger partial charge in [-0.1, -0.05) is 0 Å². The van der Waals surface area contributed by atoms with Crippen molar-refractivity contribution in [2.45, 2.75) is 0 Å². The third-order valence-corrected chi connectivity index (χ3v) is 5.76. The van der Waals surface area contributed by atoms with Crippen LogP contribution >= 0.6 is 31.9 Å². The summed E-state index contributed by atoms with van der Waals surface area (Å²) in [6.45, 7) is 0. The van der Waals surface area contributed by atoms with Crippen molar-refractivity contribution in [2.75, 3.05) is 17.2 Å². The van der Waals surface area contributed by atoms with Gasteiger partial charge in [0.15, 0.2) is 5.78 Å². The summed E-state index contributed by atoms with van der Waals surface area (Å²) >= 11 is 6.46. The third kappa shape index (κ3) is 1.71. The second kappa shape index (κ2) is 4.72. The summed E-state index contributed by atoms with van der Waals surface area (Å²) < 4.78 is 0.754. The van der Waals surface area contributed by atoms with Gasteiger partial charge in [0.05, 0.1) is 42.6 Å². The molecular formula is C14H9Br2N3O3. The molecule has 0 heterocycles. The molecule has 8 heteroatoms. The lowest BCUT2D eigenvalue weighted by Gasteiger charge is -2.23. The minimum Gasteiger partial charge on any atom is -0.507 e. The Morgan fingerprint density at radius 1 is 0.773 bits per heavy atom. The predicted molar refractivity (Wildman–Crippen MR) is 90.1 cm³/mol. The molecule has 0 fully saturated rings. The van der Waals surface area contributed by atoms with Crippen LogP contribution in [0.3, 0.4) is 0 Å². The van der Waals surface area contributed by atoms with E-state index >= 15 is 0 Å². The van der Waals surface area contributed by atoms with Crippen LogP contribution in [-0.4, -0.2) is 16.7 Å². The molecule has 0 aliphatic heterocycles. The Kier molecular flexibility index (Phi) is 3.19. The maximum Gasteiger partial charge on any atom is 0.200 e. The van der Waals surface area contributed by atoms with Gasteiger partial charge in [-0.3, -0.25) is 9.59 Å². The number of anilines is 3. The summed E-state index contributed by atoms with van der Waals surface area (Å²) in [6, 6.07) is 2.62. The summed E-state index contributed by atoms with van der Waals surface area (Å²) in [4.78, 5) is 25.5. The molecule has 22 heavy (non-hydrogen) atoms. The van der Waals surface area contributed by atoms with E-state index in [1.165, 1.54) is 12.1 Å². The number of carbonyl (C=O) groups excluding carboxylic acids is 2. The molecule has 2 aromatic rings. The lowest BCUT2D eigenvalue weighted by Crippen LogP contribution is -2.25. The van der Waals surface area contributed by atoms with E-state index in [1.54, 1.807) is 0 Å². The van der Waals surface area contributed by atoms with Gasteiger partial charge in [0.1, 0.15) is 5.75 Å². The average molecular weight is 427 g/mol. The number of aromatic hydroxyl groups is 1. The Hall–Kier alpha value is -2.06. The molecule has 0 unspecified atom stereocenters. The highest BCUT2D eigenvalue weighted by atomic mass is 79.9. The molecule has 1 aliphatic carbocycles. The normalized spacial score (nSPS) is 13.0. The van der Waals surface area contributed by atoms with Gasteiger partial charge in [-0.15, -0.1) is 0 Å². The maximum atomic E-state index is 12.7. The predicted octanol–water partition coefficient (Wildman–Crippen LogP) is 2.44. The quantitative estimate of drug-likeness (QED) is 0.322. The molecule has 0 atom stereocenters. The molecule has 0 saturated carbocycles. The number of fused-ring (bicyclic) bond motifs is 2. The van der Waals surface area contributed by atoms with Crippen molar-refractivity contribution in [1.82, 2.24) is 0 Å². The van der Waals surface area contributed by atoms with Crippen LogP contribution in [0.4, 0.5) is 17.1 Å². The minimum absolute atomic E-state index is 0.0117. The minimum atomic E-state index is -0.591. The van der Waals surface area contributed by atoms with E-state index in [4.69, 9.17) is 17.2 Å². The Morgan fingerprint density at radius 2 is 1.23 bits per heavy atom. The second-order valence-corrected chi connectivity index (χ2v) is 6.37. The van der Waals surface area contributed by atoms with Crippen LogP contribution in [0.15, 0.2) is 21.1 Å². The number of nitrogens with two attached hydrogens (primary N) is 3. The molecule has 0 radical (unpaired) electrons. The monoisotopic (exact) mass is 425 g/mol. The Morgan fingerprint density at radius 3 is 1.73 bits per heavy atom. The smallest absolute Gasteiger partial charge is 0.200 e. The zero-order valence-corrected chi connectivity index (χ0v) is 14.1. The lowest BCUT2D eigenvalue weighted by atomic mass is 9.81. The molecule has 0 saturated heterocycles. The van der Waals surface area contributed by atoms with Crippen molar-refractivity contribution in [3.05, 3.63) is 43.3 Å². The van der Waals surface area contributed by atoms with Gasteiger partial charge in [0.2, 0.25) is 5.78 Å². The fourth-order valence-corrected chi connectivity index (χ4v) is 3.35. The summed E-state index contributed by atoms with van der Waals surface area (Å²) in [6.07, 6.45) is 0. The summed E-state index contributed by atoms with van der Waals surface area (Å²) in [5.41, 5.74) is 17.7. The number of phenolic OH excluding ortho intramolecular Hbond substituents is 1. The van der Waals surface area contributed by atoms with Crippen molar-refractivity contribution in [1.29, 1.82) is 0 Å². The first-order chi connectivity index (χ1) is 10.3. The van der Waals surface area contributed by atoms with Gasteiger partial charge in [-0.2, -0.15) is 0 Å². The number of benzene rings is 2. The third-order valence-electron chi connectivity index (χ3n) is 3.58. The van der Waals surface area contributed by atoms with Gasteiger partial charge < -0.3 is 22.3 Å². The molecule has 3 rings (SSSR count). The maximum absolute atomic E-state index is 12.7. The fourth-order valence-electron chi connectivity index (χ4n) is 2.53. The number of ketones is 2. The number of rotatable bonds is 0. The SMILES string of the molecule is Nc1ccc(O)c2c1C(=O)c1c(N)c(Br)c(Br)c(N)c1C2=O. The summed E-state index contributed by atoms with van der Waals surface area (Å²) in [5, 5.41) is 9.96. The summed E-state index contributed by atoms with van der Waals surface area (Å²) in [5.74, 6) is -1.47. The molecule has 2 aromatic carbocycles. The largest absolute Gasteiger partial charge is 0.507 e. The summed E-state index contributed by atoms with van der Waals surface area (Å²) in [7, 11) is 0. The van der Waals surface area contributed by atoms with Gasteiger partial charge in [0, 0.05) is 5.69 Å². The van der Waals surface area contributed by atoms with Crippen molar-refractivity contribution >= 4 is 60.5 Å². The van der Waals surface area contributed by atoms with Crippen molar-refractivity contribution < 1.29 is 14.7 Å². The van der Waals surface area contributed by atoms with E-state index in [-0.39, 0.29) is 45.1 Å². The van der Waals surface area contributed by atoms with Crippen LogP contribution in [-0.2, 0) is 0 Å². The van der Waals surface area contributed by atoms with Crippen molar-refractivity contribution in [2.24, 2.45) is 0 Å². The Bertz CT molecular complexity index is 822. The van der Waals surface area contributed by atoms with Crippen LogP contribution < -0.4 is 17.2 Å². The molecular weight excluding hydrogens is 418 g/mol. The fraction of sp³-hybridized carbons (Fsp3) is 0. The van der Waals surface area contributed by atoms with Crippen LogP contribution in [0.5, 0.6) is 5.75 Å². The van der Waals surface area contributed by atoms with Crippen LogP contribution in [0.1, 0.15) is 31.8 Å². The van der Waals surface area contributed by atoms with Gasteiger partial charge in [-0.25, -0.2) is 0 Å². The number of hydrogen-bond donors (Lipinski definition) is 4. The second-order valence-electron chi connectivity index (χ2n) is 4.79. The van der Waals surface area contributed by atoms with E-state index in [1.807, 2.05) is 0 Å². The molecule has 0 bridgehead atoms. The first-order valence-electron chi connectivity index (χ1n) is 6.04. The number of nitrogen functional groups attached to an aromatic ring is 3. The molecule has 0 aromatic heterocycles. The molecule has 6 nitrogen and oxygen atoms in total. The van der Waals surface area contributed by atoms with E-state index in [0.717, 1.165) is 0 Å². The molecule has 112 valence electrons. The van der Waals surface area contributed by atoms with Gasteiger partial charge >= 0.3 is 0 Å². The van der Waals surface area contributed by atoms with Crippen molar-refractivity contribution in [3.8, 4) is 5.75 Å². The van der Waals surface area contributed by atoms with Gasteiger partial charge in [0.25, 0.3) is 0 Å². The van der Waals surface area contributed by atoms with E-state index < -0.39 is 11.6 Å². The first kappa shape index (κ1) is 14.9. The van der Waals surface area contributed by atoms with Crippen LogP contribution in [0, 0.1) is 0 Å². The Labute approximate surface area is 141 Å². The average Bonchev–Trinajstić information content (AvgIpc) is 2.48. The van der Waals surface area contributed by atoms with Crippen LogP contribution in [0.25, 0.3) is 0 Å². The standard InChI is InChI=1S/C14H9Br2N3O3/c15-9-10(16)12(19)8-7(11(9)18)13(21)5-3(17)1-2-4(20)6(5)14(8)22/h1-2,20H,17-19H2. The highest BCUT2D eigenvalue weighted by Crippen LogP contribution is 2.46. The lowest BCUT2D eigenvalue weighted by molar-refractivity contribution is 0.0978. The number of hydrogen-bond acceptors (Lipinski definition) is 6. The zero-order chi connectivity index (χ0) is 16.3. The van der Waals surface area contributed by atoms with E-state index in [2.05, 4.69) is 31.9 Å². The first-order valence-corrected chi connectivity index (χ1v) is 7.62. The molecule has 0 amide bonds. The number of carbonyl (C=O) groups is 2. The van der Waals surface area contributed by atoms with Gasteiger partial charge in [-0.05, 0) is 44.0 Å². The zero-order valence-electron chi connectivity index (χ0n) is 10.9. The topological polar surface area (TPSA) is 132 Å². The number of halogens is 2. The van der Waals surface area contributed by atoms with E-state index in [0.29, 0.717) is 8.95 Å². The van der Waals surface area contributed by atoms with Crippen LogP contribution in [0.2, 0.25) is 0 Å². The Balaban J connectivity index is 2.50. The highest BCUT2D eigenvalue weighted by molar-refractivity contribution is 9.13. The molecule has 7 N–H and O–H groups in total. The molecule has 0 spiro atoms. The molecule has 1 aliphatic rings. The highest BCUT2D eigenvalue weighted by Gasteiger charge is 2.38. The van der Waals surface area contributed by atoms with Crippen molar-refractivity contribution in [3.63, 3.8) is 0 Å². The van der Waals surface area contributed by atoms with E-state index in [9.17, 15) is 14.7 Å².